The van der Waals surface area contributed by atoms with Crippen LogP contribution in [0, 0.1) is 13.8 Å². The zero-order valence-electron chi connectivity index (χ0n) is 15.9. The molecule has 0 fully saturated rings. The minimum Gasteiger partial charge on any atom is -0.282 e. The Morgan fingerprint density at radius 2 is 1.04 bits per heavy atom. The van der Waals surface area contributed by atoms with Crippen molar-refractivity contribution < 1.29 is 9.59 Å². The van der Waals surface area contributed by atoms with Crippen molar-refractivity contribution in [1.82, 2.24) is 0 Å². The van der Waals surface area contributed by atoms with Crippen LogP contribution in [0.3, 0.4) is 0 Å². The van der Waals surface area contributed by atoms with E-state index in [-0.39, 0.29) is 10.2 Å². The Morgan fingerprint density at radius 1 is 0.704 bits per heavy atom. The van der Waals surface area contributed by atoms with Crippen molar-refractivity contribution in [3.05, 3.63) is 71.8 Å². The van der Waals surface area contributed by atoms with Crippen molar-refractivity contribution in [1.29, 1.82) is 0 Å². The second kappa shape index (κ2) is 9.49. The largest absolute Gasteiger partial charge is 0.282 e. The van der Waals surface area contributed by atoms with Crippen LogP contribution >= 0.6 is 35.3 Å². The fourth-order valence-corrected chi connectivity index (χ4v) is 4.88. The van der Waals surface area contributed by atoms with Gasteiger partial charge < -0.3 is 0 Å². The van der Waals surface area contributed by atoms with E-state index in [1.807, 2.05) is 50.2 Å². The van der Waals surface area contributed by atoms with Crippen LogP contribution in [0.4, 0.5) is 0 Å². The fourth-order valence-electron chi connectivity index (χ4n) is 2.12. The van der Waals surface area contributed by atoms with Gasteiger partial charge in [-0.05, 0) is 97.8 Å². The third-order valence-electron chi connectivity index (χ3n) is 3.79. The molecule has 0 saturated heterocycles. The lowest BCUT2D eigenvalue weighted by Crippen LogP contribution is -1.95. The summed E-state index contributed by atoms with van der Waals surface area (Å²) in [6.45, 7) is 14.9. The predicted octanol–water partition coefficient (Wildman–Crippen LogP) is 6.84. The Kier molecular flexibility index (Phi) is 7.59. The standard InChI is InChI=1S/C22H22O2S3/c1-13(2)21(23)26-19-11-7-9-17(15(19)5)25-18-10-8-12-20(16(18)6)27-22(24)14(3)4/h7-12H,1,3H2,2,4-6H3. The minimum atomic E-state index is -0.0202. The Labute approximate surface area is 173 Å². The number of hydrogen-bond donors (Lipinski definition) is 0. The highest BCUT2D eigenvalue weighted by molar-refractivity contribution is 8.14. The first-order valence-corrected chi connectivity index (χ1v) is 10.8. The maximum atomic E-state index is 12.0. The summed E-state index contributed by atoms with van der Waals surface area (Å²) in [6.07, 6.45) is 0. The summed E-state index contributed by atoms with van der Waals surface area (Å²) in [4.78, 5) is 28.1. The van der Waals surface area contributed by atoms with E-state index in [4.69, 9.17) is 0 Å². The average Bonchev–Trinajstić information content (AvgIpc) is 2.61. The molecule has 5 heteroatoms. The summed E-state index contributed by atoms with van der Waals surface area (Å²) < 4.78 is 0. The molecule has 0 spiro atoms. The first kappa shape index (κ1) is 21.6. The van der Waals surface area contributed by atoms with Gasteiger partial charge in [-0.25, -0.2) is 0 Å². The van der Waals surface area contributed by atoms with E-state index >= 15 is 0 Å². The maximum Gasteiger partial charge on any atom is 0.219 e. The molecule has 0 bridgehead atoms. The molecule has 0 aromatic heterocycles. The third-order valence-corrected chi connectivity index (χ3v) is 7.51. The summed E-state index contributed by atoms with van der Waals surface area (Å²) in [5.41, 5.74) is 3.22. The summed E-state index contributed by atoms with van der Waals surface area (Å²) in [6, 6.07) is 11.9. The Balaban J connectivity index is 2.30. The molecule has 0 aliphatic rings. The average molecular weight is 415 g/mol. The molecule has 2 nitrogen and oxygen atoms in total. The van der Waals surface area contributed by atoms with Crippen molar-refractivity contribution in [2.45, 2.75) is 47.3 Å². The van der Waals surface area contributed by atoms with Crippen molar-refractivity contribution in [3.8, 4) is 0 Å². The van der Waals surface area contributed by atoms with Crippen LogP contribution < -0.4 is 0 Å². The van der Waals surface area contributed by atoms with Gasteiger partial charge >= 0.3 is 0 Å². The normalized spacial score (nSPS) is 10.5. The third kappa shape index (κ3) is 5.64. The van der Waals surface area contributed by atoms with E-state index in [1.54, 1.807) is 25.6 Å². The van der Waals surface area contributed by atoms with Gasteiger partial charge in [0.1, 0.15) is 0 Å². The van der Waals surface area contributed by atoms with E-state index < -0.39 is 0 Å². The van der Waals surface area contributed by atoms with Gasteiger partial charge in [-0.15, -0.1) is 0 Å². The van der Waals surface area contributed by atoms with E-state index in [0.717, 1.165) is 30.7 Å². The van der Waals surface area contributed by atoms with Crippen molar-refractivity contribution in [2.24, 2.45) is 0 Å². The zero-order valence-corrected chi connectivity index (χ0v) is 18.4. The first-order valence-electron chi connectivity index (χ1n) is 8.33. The molecular formula is C22H22O2S3. The smallest absolute Gasteiger partial charge is 0.219 e. The monoisotopic (exact) mass is 414 g/mol. The molecule has 0 atom stereocenters. The second-order valence-electron chi connectivity index (χ2n) is 6.20. The lowest BCUT2D eigenvalue weighted by atomic mass is 10.2. The molecule has 0 heterocycles. The number of thioether (sulfide) groups is 2. The summed E-state index contributed by atoms with van der Waals surface area (Å²) >= 11 is 4.07. The number of hydrogen-bond acceptors (Lipinski definition) is 5. The SMILES string of the molecule is C=C(C)C(=O)Sc1cccc(Sc2cccc(SC(=O)C(=C)C)c2C)c1C. The van der Waals surface area contributed by atoms with Crippen molar-refractivity contribution in [2.75, 3.05) is 0 Å². The highest BCUT2D eigenvalue weighted by atomic mass is 32.2. The molecule has 2 aromatic carbocycles. The molecule has 0 N–H and O–H groups in total. The van der Waals surface area contributed by atoms with Crippen LogP contribution in [0.1, 0.15) is 25.0 Å². The van der Waals surface area contributed by atoms with E-state index in [1.165, 1.54) is 23.5 Å². The number of carbonyl (C=O) groups excluding carboxylic acids is 2. The molecule has 0 unspecified atom stereocenters. The maximum absolute atomic E-state index is 12.0. The van der Waals surface area contributed by atoms with Gasteiger partial charge in [0, 0.05) is 19.6 Å². The molecule has 0 aliphatic carbocycles. The van der Waals surface area contributed by atoms with Gasteiger partial charge in [0.15, 0.2) is 0 Å². The minimum absolute atomic E-state index is 0.0202. The van der Waals surface area contributed by atoms with Crippen LogP contribution in [0.2, 0.25) is 0 Å². The molecule has 0 amide bonds. The quantitative estimate of drug-likeness (QED) is 0.382. The van der Waals surface area contributed by atoms with Gasteiger partial charge in [0.2, 0.25) is 10.2 Å². The Morgan fingerprint density at radius 3 is 1.37 bits per heavy atom. The zero-order chi connectivity index (χ0) is 20.1. The molecule has 0 radical (unpaired) electrons. The number of benzene rings is 2. The Hall–Kier alpha value is -1.69. The summed E-state index contributed by atoms with van der Waals surface area (Å²) in [5.74, 6) is 0. The van der Waals surface area contributed by atoms with Gasteiger partial charge in [-0.3, -0.25) is 9.59 Å². The van der Waals surface area contributed by atoms with Gasteiger partial charge in [-0.2, -0.15) is 0 Å². The van der Waals surface area contributed by atoms with Crippen molar-refractivity contribution in [3.63, 3.8) is 0 Å². The van der Waals surface area contributed by atoms with Gasteiger partial charge in [0.05, 0.1) is 0 Å². The summed E-state index contributed by atoms with van der Waals surface area (Å²) in [5, 5.41) is -0.0405. The molecule has 0 aliphatic heterocycles. The molecule has 140 valence electrons. The molecule has 2 rings (SSSR count). The van der Waals surface area contributed by atoms with E-state index in [2.05, 4.69) is 13.2 Å². The van der Waals surface area contributed by atoms with Crippen LogP contribution in [0.25, 0.3) is 0 Å². The number of carbonyl (C=O) groups is 2. The van der Waals surface area contributed by atoms with Gasteiger partial charge in [-0.1, -0.05) is 37.1 Å². The number of rotatable bonds is 6. The van der Waals surface area contributed by atoms with Crippen LogP contribution in [-0.2, 0) is 9.59 Å². The fraction of sp³-hybridized carbons (Fsp3) is 0.182. The molecule has 0 saturated carbocycles. The highest BCUT2D eigenvalue weighted by Gasteiger charge is 2.14. The first-order chi connectivity index (χ1) is 12.7. The highest BCUT2D eigenvalue weighted by Crippen LogP contribution is 2.39. The Bertz CT molecular complexity index is 854. The molecule has 27 heavy (non-hydrogen) atoms. The molecular weight excluding hydrogens is 392 g/mol. The van der Waals surface area contributed by atoms with Crippen LogP contribution in [0.5, 0.6) is 0 Å². The predicted molar refractivity (Wildman–Crippen MR) is 118 cm³/mol. The lowest BCUT2D eigenvalue weighted by Gasteiger charge is -2.13. The van der Waals surface area contributed by atoms with Crippen molar-refractivity contribution >= 4 is 45.5 Å². The lowest BCUT2D eigenvalue weighted by molar-refractivity contribution is -0.108. The van der Waals surface area contributed by atoms with E-state index in [0.29, 0.717) is 11.1 Å². The summed E-state index contributed by atoms with van der Waals surface area (Å²) in [7, 11) is 0. The molecule has 2 aromatic rings. The topological polar surface area (TPSA) is 34.1 Å². The van der Waals surface area contributed by atoms with Gasteiger partial charge in [0.25, 0.3) is 0 Å². The van der Waals surface area contributed by atoms with Crippen LogP contribution in [-0.4, -0.2) is 10.2 Å². The second-order valence-corrected chi connectivity index (χ2v) is 9.31. The van der Waals surface area contributed by atoms with E-state index in [9.17, 15) is 9.59 Å². The van der Waals surface area contributed by atoms with Crippen LogP contribution in [0.15, 0.2) is 80.3 Å².